The number of anilines is 1. The molecule has 0 unspecified atom stereocenters. The van der Waals surface area contributed by atoms with Gasteiger partial charge in [0.25, 0.3) is 0 Å². The third kappa shape index (κ3) is 1.36. The first-order valence-corrected chi connectivity index (χ1v) is 6.59. The Bertz CT molecular complexity index is 586. The molecule has 0 atom stereocenters. The van der Waals surface area contributed by atoms with E-state index in [1.54, 1.807) is 11.6 Å². The van der Waals surface area contributed by atoms with Gasteiger partial charge in [0.05, 0.1) is 20.8 Å². The molecule has 0 aliphatic carbocycles. The quantitative estimate of drug-likeness (QED) is 0.746. The van der Waals surface area contributed by atoms with Crippen molar-refractivity contribution in [1.82, 2.24) is 4.98 Å². The maximum Gasteiger partial charge on any atom is 0.177 e. The number of benzene rings is 1. The van der Waals surface area contributed by atoms with E-state index in [4.69, 9.17) is 5.73 Å². The van der Waals surface area contributed by atoms with E-state index in [1.807, 2.05) is 0 Å². The summed E-state index contributed by atoms with van der Waals surface area (Å²) in [5.41, 5.74) is 8.17. The summed E-state index contributed by atoms with van der Waals surface area (Å²) in [6.07, 6.45) is 1.14. The maximum atomic E-state index is 11.3. The van der Waals surface area contributed by atoms with Crippen LogP contribution in [-0.2, 0) is 9.84 Å². The average molecular weight is 228 g/mol. The molecule has 14 heavy (non-hydrogen) atoms. The lowest BCUT2D eigenvalue weighted by atomic mass is 10.3. The van der Waals surface area contributed by atoms with Crippen LogP contribution in [-0.4, -0.2) is 19.7 Å². The lowest BCUT2D eigenvalue weighted by molar-refractivity contribution is 0.602. The van der Waals surface area contributed by atoms with Crippen LogP contribution in [0, 0.1) is 0 Å². The number of nitrogens with zero attached hydrogens (tertiary/aromatic N) is 1. The number of sulfone groups is 1. The van der Waals surface area contributed by atoms with Crippen molar-refractivity contribution in [2.24, 2.45) is 0 Å². The summed E-state index contributed by atoms with van der Waals surface area (Å²) >= 11 is 1.43. The first-order chi connectivity index (χ1) is 6.50. The molecule has 0 spiro atoms. The number of fused-ring (bicyclic) bond motifs is 1. The number of nitrogen functional groups attached to an aromatic ring is 1. The Labute approximate surface area is 85.3 Å². The summed E-state index contributed by atoms with van der Waals surface area (Å²) in [5.74, 6) is 0. The van der Waals surface area contributed by atoms with E-state index >= 15 is 0 Å². The summed E-state index contributed by atoms with van der Waals surface area (Å²) < 4.78 is 23.5. The van der Waals surface area contributed by atoms with Gasteiger partial charge in [-0.15, -0.1) is 11.3 Å². The molecule has 1 aromatic heterocycles. The van der Waals surface area contributed by atoms with E-state index in [0.717, 1.165) is 11.0 Å². The number of hydrogen-bond acceptors (Lipinski definition) is 5. The van der Waals surface area contributed by atoms with Crippen LogP contribution in [0.15, 0.2) is 22.5 Å². The Kier molecular flexibility index (Phi) is 1.97. The molecule has 2 rings (SSSR count). The lowest BCUT2D eigenvalue weighted by Gasteiger charge is -2.02. The topological polar surface area (TPSA) is 73.0 Å². The number of hydrogen-bond donors (Lipinski definition) is 1. The van der Waals surface area contributed by atoms with Gasteiger partial charge >= 0.3 is 0 Å². The van der Waals surface area contributed by atoms with Crippen LogP contribution < -0.4 is 5.73 Å². The highest BCUT2D eigenvalue weighted by atomic mass is 32.2. The largest absolute Gasteiger partial charge is 0.396 e. The fourth-order valence-electron chi connectivity index (χ4n) is 1.26. The van der Waals surface area contributed by atoms with E-state index in [9.17, 15) is 8.42 Å². The van der Waals surface area contributed by atoms with Gasteiger partial charge in [-0.05, 0) is 12.1 Å². The lowest BCUT2D eigenvalue weighted by Crippen LogP contribution is -2.02. The van der Waals surface area contributed by atoms with E-state index in [2.05, 4.69) is 4.98 Å². The van der Waals surface area contributed by atoms with Crippen molar-refractivity contribution in [3.63, 3.8) is 0 Å². The molecule has 0 fully saturated rings. The van der Waals surface area contributed by atoms with Gasteiger partial charge < -0.3 is 5.73 Å². The molecule has 0 aliphatic heterocycles. The van der Waals surface area contributed by atoms with Gasteiger partial charge in [0.1, 0.15) is 5.52 Å². The van der Waals surface area contributed by atoms with Gasteiger partial charge in [-0.3, -0.25) is 0 Å². The second-order valence-corrected chi connectivity index (χ2v) is 5.82. The van der Waals surface area contributed by atoms with Crippen LogP contribution in [0.2, 0.25) is 0 Å². The van der Waals surface area contributed by atoms with Crippen LogP contribution in [0.4, 0.5) is 5.69 Å². The van der Waals surface area contributed by atoms with Gasteiger partial charge in [0.15, 0.2) is 9.84 Å². The first kappa shape index (κ1) is 9.42. The van der Waals surface area contributed by atoms with Crippen molar-refractivity contribution < 1.29 is 8.42 Å². The third-order valence-corrected chi connectivity index (χ3v) is 3.85. The minimum atomic E-state index is -3.26. The molecule has 1 heterocycles. The zero-order chi connectivity index (χ0) is 10.3. The monoisotopic (exact) mass is 228 g/mol. The molecule has 0 saturated carbocycles. The molecule has 4 nitrogen and oxygen atoms in total. The standard InChI is InChI=1S/C8H8N2O2S2/c1-14(11,12)6-3-2-5-8(7(6)9)10-4-13-5/h2-4H,9H2,1H3. The molecule has 6 heteroatoms. The Morgan fingerprint density at radius 1 is 1.43 bits per heavy atom. The SMILES string of the molecule is CS(=O)(=O)c1ccc2scnc2c1N. The van der Waals surface area contributed by atoms with Crippen molar-refractivity contribution in [3.05, 3.63) is 17.6 Å². The summed E-state index contributed by atoms with van der Waals surface area (Å²) in [7, 11) is -3.26. The zero-order valence-corrected chi connectivity index (χ0v) is 9.02. The van der Waals surface area contributed by atoms with Crippen LogP contribution in [0.1, 0.15) is 0 Å². The van der Waals surface area contributed by atoms with Crippen LogP contribution in [0.5, 0.6) is 0 Å². The van der Waals surface area contributed by atoms with Crippen molar-refractivity contribution in [1.29, 1.82) is 0 Å². The van der Waals surface area contributed by atoms with Crippen LogP contribution >= 0.6 is 11.3 Å². The Morgan fingerprint density at radius 2 is 2.14 bits per heavy atom. The highest BCUT2D eigenvalue weighted by molar-refractivity contribution is 7.90. The minimum Gasteiger partial charge on any atom is -0.396 e. The normalized spacial score (nSPS) is 12.1. The highest BCUT2D eigenvalue weighted by Gasteiger charge is 2.14. The molecule has 0 aliphatic rings. The second-order valence-electron chi connectivity index (χ2n) is 2.95. The van der Waals surface area contributed by atoms with Crippen LogP contribution in [0.25, 0.3) is 10.2 Å². The van der Waals surface area contributed by atoms with Gasteiger partial charge in [-0.1, -0.05) is 0 Å². The minimum absolute atomic E-state index is 0.149. The summed E-state index contributed by atoms with van der Waals surface area (Å²) in [5, 5.41) is 0. The predicted octanol–water partition coefficient (Wildman–Crippen LogP) is 1.28. The van der Waals surface area contributed by atoms with E-state index in [1.165, 1.54) is 17.4 Å². The first-order valence-electron chi connectivity index (χ1n) is 3.82. The Morgan fingerprint density at radius 3 is 2.79 bits per heavy atom. The Hall–Kier alpha value is -1.14. The number of nitrogens with two attached hydrogens (primary N) is 1. The number of rotatable bonds is 1. The van der Waals surface area contributed by atoms with E-state index < -0.39 is 9.84 Å². The summed E-state index contributed by atoms with van der Waals surface area (Å²) in [6.45, 7) is 0. The number of thiazole rings is 1. The molecule has 0 amide bonds. The van der Waals surface area contributed by atoms with E-state index in [-0.39, 0.29) is 10.6 Å². The van der Waals surface area contributed by atoms with Gasteiger partial charge in [-0.25, -0.2) is 13.4 Å². The maximum absolute atomic E-state index is 11.3. The molecule has 74 valence electrons. The third-order valence-electron chi connectivity index (χ3n) is 1.90. The molecule has 1 aromatic carbocycles. The van der Waals surface area contributed by atoms with E-state index in [0.29, 0.717) is 5.52 Å². The average Bonchev–Trinajstić information content (AvgIpc) is 2.50. The summed E-state index contributed by atoms with van der Waals surface area (Å²) in [4.78, 5) is 4.17. The smallest absolute Gasteiger partial charge is 0.177 e. The van der Waals surface area contributed by atoms with Crippen molar-refractivity contribution in [2.75, 3.05) is 12.0 Å². The molecule has 0 saturated heterocycles. The van der Waals surface area contributed by atoms with Crippen molar-refractivity contribution in [2.45, 2.75) is 4.90 Å². The molecule has 2 N–H and O–H groups in total. The van der Waals surface area contributed by atoms with Crippen molar-refractivity contribution in [3.8, 4) is 0 Å². The zero-order valence-electron chi connectivity index (χ0n) is 7.39. The fraction of sp³-hybridized carbons (Fsp3) is 0.125. The Balaban J connectivity index is 2.88. The van der Waals surface area contributed by atoms with Gasteiger partial charge in [-0.2, -0.15) is 0 Å². The summed E-state index contributed by atoms with van der Waals surface area (Å²) in [6, 6.07) is 3.24. The van der Waals surface area contributed by atoms with Crippen LogP contribution in [0.3, 0.4) is 0 Å². The van der Waals surface area contributed by atoms with Crippen molar-refractivity contribution >= 4 is 37.1 Å². The molecule has 2 aromatic rings. The molecular formula is C8H8N2O2S2. The molecule has 0 bridgehead atoms. The van der Waals surface area contributed by atoms with Gasteiger partial charge in [0, 0.05) is 6.26 Å². The highest BCUT2D eigenvalue weighted by Crippen LogP contribution is 2.29. The predicted molar refractivity (Wildman–Crippen MR) is 57.1 cm³/mol. The molecule has 0 radical (unpaired) electrons. The van der Waals surface area contributed by atoms with Gasteiger partial charge in [0.2, 0.25) is 0 Å². The second kappa shape index (κ2) is 2.93. The molecular weight excluding hydrogens is 220 g/mol. The number of aromatic nitrogens is 1. The fourth-order valence-corrected chi connectivity index (χ4v) is 2.76.